The van der Waals surface area contributed by atoms with Gasteiger partial charge in [0.1, 0.15) is 0 Å². The molecule has 0 saturated carbocycles. The minimum atomic E-state index is -0.552. The Kier molecular flexibility index (Phi) is 3.61. The van der Waals surface area contributed by atoms with E-state index >= 15 is 0 Å². The molecule has 0 fully saturated rings. The van der Waals surface area contributed by atoms with Gasteiger partial charge < -0.3 is 9.80 Å². The molecule has 0 N–H and O–H groups in total. The highest BCUT2D eigenvalue weighted by molar-refractivity contribution is 7.33. The van der Waals surface area contributed by atoms with Crippen molar-refractivity contribution < 1.29 is 12.3 Å². The van der Waals surface area contributed by atoms with Gasteiger partial charge in [-0.3, -0.25) is 0 Å². The van der Waals surface area contributed by atoms with Gasteiger partial charge >= 0.3 is 0 Å². The monoisotopic (exact) mass is 561 g/mol. The van der Waals surface area contributed by atoms with E-state index in [0.29, 0.717) is 16.7 Å². The van der Waals surface area contributed by atoms with Crippen molar-refractivity contribution in [2.45, 2.75) is 0 Å². The van der Waals surface area contributed by atoms with E-state index in [1.54, 1.807) is 6.07 Å². The summed E-state index contributed by atoms with van der Waals surface area (Å²) in [5, 5.41) is 0.798. The maximum atomic E-state index is 9.36. The first-order chi connectivity index (χ1) is 24.6. The summed E-state index contributed by atoms with van der Waals surface area (Å²) < 4.78 is 80.0. The highest BCUT2D eigenvalue weighted by Gasteiger charge is 2.44. The molecule has 3 heterocycles. The molecule has 1 aromatic heterocycles. The average Bonchev–Trinajstić information content (AvgIpc) is 3.53. The smallest absolute Gasteiger partial charge is 0.264 e. The van der Waals surface area contributed by atoms with E-state index in [0.717, 1.165) is 48.8 Å². The van der Waals surface area contributed by atoms with Crippen LogP contribution in [0, 0.1) is 0 Å². The first-order valence-electron chi connectivity index (χ1n) is 18.2. The highest BCUT2D eigenvalue weighted by atomic mass is 32.1. The third kappa shape index (κ3) is 3.39. The van der Waals surface area contributed by atoms with Crippen LogP contribution in [0.3, 0.4) is 0 Å². The summed E-state index contributed by atoms with van der Waals surface area (Å²) in [7, 11) is 0. The van der Waals surface area contributed by atoms with Crippen LogP contribution in [0.1, 0.15) is 12.3 Å². The lowest BCUT2D eigenvalue weighted by Gasteiger charge is -2.43. The van der Waals surface area contributed by atoms with Crippen LogP contribution in [0.25, 0.3) is 21.2 Å². The fraction of sp³-hybridized carbons (Fsp3) is 0. The maximum absolute atomic E-state index is 9.36. The Hall–Kier alpha value is -5.06. The molecule has 196 valence electrons. The average molecular weight is 562 g/mol. The van der Waals surface area contributed by atoms with Gasteiger partial charge in [0.15, 0.2) is 0 Å². The molecule has 9 rings (SSSR count). The molecule has 0 radical (unpaired) electrons. The Morgan fingerprint density at radius 1 is 0.571 bits per heavy atom. The number of nitrogens with zero attached hydrogens (tertiary/aromatic N) is 2. The third-order valence-electron chi connectivity index (χ3n) is 8.03. The molecule has 0 aliphatic carbocycles. The van der Waals surface area contributed by atoms with Crippen LogP contribution < -0.4 is 25.5 Å². The quantitative estimate of drug-likeness (QED) is 0.199. The van der Waals surface area contributed by atoms with Crippen molar-refractivity contribution in [1.29, 1.82) is 0 Å². The fourth-order valence-corrected chi connectivity index (χ4v) is 7.64. The van der Waals surface area contributed by atoms with Gasteiger partial charge in [0.2, 0.25) is 0 Å². The van der Waals surface area contributed by atoms with E-state index in [-0.39, 0.29) is 41.8 Å². The molecule has 0 atom stereocenters. The minimum Gasteiger partial charge on any atom is -0.311 e. The molecule has 2 nitrogen and oxygen atoms in total. The zero-order valence-electron chi connectivity index (χ0n) is 31.1. The van der Waals surface area contributed by atoms with Crippen molar-refractivity contribution >= 4 is 78.0 Å². The van der Waals surface area contributed by atoms with Gasteiger partial charge in [-0.05, 0) is 76.6 Å². The van der Waals surface area contributed by atoms with E-state index in [1.165, 1.54) is 11.3 Å². The van der Waals surface area contributed by atoms with Crippen LogP contribution in [0.2, 0.25) is 0 Å². The van der Waals surface area contributed by atoms with Crippen LogP contribution in [0.5, 0.6) is 0 Å². The molecular formula is C38H25BN2S. The van der Waals surface area contributed by atoms with E-state index in [1.807, 2.05) is 95.9 Å². The molecule has 42 heavy (non-hydrogen) atoms. The summed E-state index contributed by atoms with van der Waals surface area (Å²) in [5.74, 6) is 0. The van der Waals surface area contributed by atoms with Crippen molar-refractivity contribution in [3.8, 4) is 11.1 Å². The Labute approximate surface area is 262 Å². The Balaban J connectivity index is 1.41. The second kappa shape index (κ2) is 9.23. The lowest BCUT2D eigenvalue weighted by Crippen LogP contribution is -2.60. The third-order valence-corrected chi connectivity index (χ3v) is 9.25. The van der Waals surface area contributed by atoms with Crippen molar-refractivity contribution in [2.24, 2.45) is 0 Å². The first kappa shape index (κ1) is 16.4. The summed E-state index contributed by atoms with van der Waals surface area (Å²) >= 11 is 1.53. The van der Waals surface area contributed by atoms with Crippen molar-refractivity contribution in [2.75, 3.05) is 9.80 Å². The number of fused-ring (bicyclic) bond motifs is 6. The molecule has 0 unspecified atom stereocenters. The summed E-state index contributed by atoms with van der Waals surface area (Å²) in [6, 6.07) is 28.4. The summed E-state index contributed by atoms with van der Waals surface area (Å²) in [5.41, 5.74) is 6.52. The molecule has 4 heteroatoms. The van der Waals surface area contributed by atoms with E-state index in [4.69, 9.17) is 9.60 Å². The first-order valence-corrected chi connectivity index (χ1v) is 14.5. The van der Waals surface area contributed by atoms with Gasteiger partial charge in [0.25, 0.3) is 6.71 Å². The van der Waals surface area contributed by atoms with Crippen LogP contribution in [0.15, 0.2) is 151 Å². The molecule has 0 saturated heterocycles. The number of rotatable bonds is 3. The molecule has 0 bridgehead atoms. The van der Waals surface area contributed by atoms with Crippen LogP contribution in [-0.4, -0.2) is 6.71 Å². The number of benzene rings is 6. The van der Waals surface area contributed by atoms with E-state index < -0.39 is 24.8 Å². The number of thiophene rings is 1. The fourth-order valence-electron chi connectivity index (χ4n) is 6.35. The topological polar surface area (TPSA) is 6.48 Å². The number of para-hydroxylation sites is 3. The SMILES string of the molecule is [2H]c1c([2H])c([2H])c(-c2ccc3sc4c(c3c2)N(c2ccccc2)c2cccc3c2B4c2c([2H])c([2H])c([2H])c([2H])c2N3c2ccccc2)c([2H])c1[2H]. The zero-order valence-corrected chi connectivity index (χ0v) is 22.9. The Bertz CT molecular complexity index is 2590. The van der Waals surface area contributed by atoms with Crippen LogP contribution >= 0.6 is 11.3 Å². The van der Waals surface area contributed by atoms with Gasteiger partial charge in [-0.2, -0.15) is 0 Å². The van der Waals surface area contributed by atoms with E-state index in [9.17, 15) is 2.74 Å². The van der Waals surface area contributed by atoms with Crippen molar-refractivity contribution in [3.05, 3.63) is 151 Å². The van der Waals surface area contributed by atoms with Crippen molar-refractivity contribution in [1.82, 2.24) is 0 Å². The number of hydrogen-bond donors (Lipinski definition) is 0. The molecule has 2 aliphatic rings. The molecular weight excluding hydrogens is 527 g/mol. The molecule has 6 aromatic carbocycles. The Morgan fingerprint density at radius 3 is 2.00 bits per heavy atom. The van der Waals surface area contributed by atoms with Gasteiger partial charge in [-0.15, -0.1) is 11.3 Å². The number of anilines is 6. The molecule has 2 aliphatic heterocycles. The summed E-state index contributed by atoms with van der Waals surface area (Å²) in [4.78, 5) is 4.12. The van der Waals surface area contributed by atoms with Gasteiger partial charge in [0.05, 0.1) is 18.0 Å². The molecule has 0 spiro atoms. The maximum Gasteiger partial charge on any atom is 0.264 e. The lowest BCUT2D eigenvalue weighted by molar-refractivity contribution is 1.26. The lowest BCUT2D eigenvalue weighted by atomic mass is 9.36. The highest BCUT2D eigenvalue weighted by Crippen LogP contribution is 2.47. The van der Waals surface area contributed by atoms with Crippen LogP contribution in [-0.2, 0) is 0 Å². The zero-order chi connectivity index (χ0) is 35.5. The standard InChI is InChI=1S/C38H25BN2S/c1-4-13-26(14-5-1)27-23-24-35-30(25-27)37-38(42-35)39-31-19-10-11-20-32(31)40(28-15-6-2-7-16-28)33-21-12-22-34(36(33)39)41(37)29-17-8-3-9-18-29/h1-25H/i1D,4D,5D,10D,11D,13D,14D,19D,20D. The molecule has 7 aromatic rings. The minimum absolute atomic E-state index is 0.103. The van der Waals surface area contributed by atoms with E-state index in [2.05, 4.69) is 4.90 Å². The predicted octanol–water partition coefficient (Wildman–Crippen LogP) is 8.65. The number of hydrogen-bond acceptors (Lipinski definition) is 3. The van der Waals surface area contributed by atoms with Gasteiger partial charge in [0, 0.05) is 43.3 Å². The van der Waals surface area contributed by atoms with Crippen molar-refractivity contribution in [3.63, 3.8) is 0 Å². The largest absolute Gasteiger partial charge is 0.311 e. The summed E-state index contributed by atoms with van der Waals surface area (Å²) in [6.07, 6.45) is 0. The summed E-state index contributed by atoms with van der Waals surface area (Å²) in [6.45, 7) is -0.552. The Morgan fingerprint density at radius 2 is 1.24 bits per heavy atom. The van der Waals surface area contributed by atoms with Gasteiger partial charge in [-0.1, -0.05) is 96.9 Å². The second-order valence-corrected chi connectivity index (χ2v) is 11.4. The second-order valence-electron chi connectivity index (χ2n) is 10.3. The van der Waals surface area contributed by atoms with Crippen LogP contribution in [0.4, 0.5) is 34.1 Å². The van der Waals surface area contributed by atoms with Gasteiger partial charge in [-0.25, -0.2) is 0 Å². The normalized spacial score (nSPS) is 16.1. The molecule has 0 amide bonds. The predicted molar refractivity (Wildman–Crippen MR) is 181 cm³/mol.